The fourth-order valence-corrected chi connectivity index (χ4v) is 3.39. The zero-order chi connectivity index (χ0) is 17.5. The van der Waals surface area contributed by atoms with Gasteiger partial charge in [0, 0.05) is 30.2 Å². The molecule has 0 amide bonds. The summed E-state index contributed by atoms with van der Waals surface area (Å²) in [4.78, 5) is 10.0. The molecule has 25 heavy (non-hydrogen) atoms. The number of aromatic nitrogens is 1. The van der Waals surface area contributed by atoms with Crippen LogP contribution in [0.2, 0.25) is 0 Å². The van der Waals surface area contributed by atoms with Crippen LogP contribution in [0.15, 0.2) is 35.5 Å². The van der Waals surface area contributed by atoms with Crippen LogP contribution in [0.4, 0.5) is 0 Å². The number of nitrogens with zero attached hydrogens (tertiary/aromatic N) is 2. The van der Waals surface area contributed by atoms with Crippen molar-refractivity contribution in [2.24, 2.45) is 4.99 Å². The van der Waals surface area contributed by atoms with Gasteiger partial charge in [-0.1, -0.05) is 25.1 Å². The number of guanidine groups is 1. The second kappa shape index (κ2) is 8.85. The molecule has 0 bridgehead atoms. The van der Waals surface area contributed by atoms with Crippen LogP contribution < -0.4 is 15.4 Å². The molecule has 1 saturated carbocycles. The normalized spacial score (nSPS) is 14.9. The van der Waals surface area contributed by atoms with E-state index in [1.807, 2.05) is 24.4 Å². The number of ether oxygens (including phenoxy) is 1. The van der Waals surface area contributed by atoms with Crippen molar-refractivity contribution in [1.29, 1.82) is 0 Å². The lowest BCUT2D eigenvalue weighted by Gasteiger charge is -2.27. The number of hydrogen-bond donors (Lipinski definition) is 2. The first kappa shape index (κ1) is 17.7. The zero-order valence-corrected chi connectivity index (χ0v) is 15.7. The molecule has 1 aromatic carbocycles. The lowest BCUT2D eigenvalue weighted by atomic mass is 9.96. The Labute approximate surface area is 153 Å². The minimum atomic E-state index is 0.385. The molecule has 1 fully saturated rings. The molecule has 3 rings (SSSR count). The average molecular weight is 359 g/mol. The van der Waals surface area contributed by atoms with E-state index in [0.717, 1.165) is 28.7 Å². The van der Waals surface area contributed by atoms with E-state index in [1.165, 1.54) is 24.1 Å². The Hall–Kier alpha value is -2.08. The highest BCUT2D eigenvalue weighted by molar-refractivity contribution is 7.11. The summed E-state index contributed by atoms with van der Waals surface area (Å²) in [7, 11) is 1.78. The zero-order valence-electron chi connectivity index (χ0n) is 14.9. The minimum absolute atomic E-state index is 0.385. The number of nitrogens with one attached hydrogen (secondary N) is 2. The molecule has 0 aliphatic heterocycles. The van der Waals surface area contributed by atoms with E-state index >= 15 is 0 Å². The van der Waals surface area contributed by atoms with E-state index in [0.29, 0.717) is 19.2 Å². The molecule has 1 aromatic heterocycles. The summed E-state index contributed by atoms with van der Waals surface area (Å²) < 4.78 is 6.08. The standard InChI is InChI=1S/C19H26N4OS/c1-3-16-12-21-18(25-16)13-23-19(20-2)22-11-14-7-4-5-10-17(14)24-15-8-6-9-15/h4-5,7,10,12,15H,3,6,8-9,11,13H2,1-2H3,(H2,20,22,23). The number of para-hydroxylation sites is 1. The largest absolute Gasteiger partial charge is 0.490 e. The van der Waals surface area contributed by atoms with E-state index in [2.05, 4.69) is 33.6 Å². The van der Waals surface area contributed by atoms with Gasteiger partial charge >= 0.3 is 0 Å². The average Bonchev–Trinajstić information content (AvgIpc) is 3.07. The van der Waals surface area contributed by atoms with Gasteiger partial charge in [-0.15, -0.1) is 11.3 Å². The van der Waals surface area contributed by atoms with E-state index in [-0.39, 0.29) is 0 Å². The van der Waals surface area contributed by atoms with Crippen LogP contribution >= 0.6 is 11.3 Å². The van der Waals surface area contributed by atoms with Crippen LogP contribution in [-0.4, -0.2) is 24.1 Å². The topological polar surface area (TPSA) is 58.5 Å². The van der Waals surface area contributed by atoms with E-state index < -0.39 is 0 Å². The first-order chi connectivity index (χ1) is 12.3. The molecule has 6 heteroatoms. The molecule has 2 N–H and O–H groups in total. The Morgan fingerprint density at radius 2 is 2.08 bits per heavy atom. The predicted molar refractivity (Wildman–Crippen MR) is 103 cm³/mol. The first-order valence-electron chi connectivity index (χ1n) is 8.91. The highest BCUT2D eigenvalue weighted by atomic mass is 32.1. The molecular weight excluding hydrogens is 332 g/mol. The third-order valence-corrected chi connectivity index (χ3v) is 5.49. The second-order valence-electron chi connectivity index (χ2n) is 6.13. The number of thiazole rings is 1. The molecule has 5 nitrogen and oxygen atoms in total. The van der Waals surface area contributed by atoms with Crippen molar-refractivity contribution < 1.29 is 4.74 Å². The van der Waals surface area contributed by atoms with Gasteiger partial charge in [0.15, 0.2) is 5.96 Å². The van der Waals surface area contributed by atoms with Crippen LogP contribution in [0.25, 0.3) is 0 Å². The lowest BCUT2D eigenvalue weighted by molar-refractivity contribution is 0.119. The smallest absolute Gasteiger partial charge is 0.191 e. The molecule has 0 radical (unpaired) electrons. The van der Waals surface area contributed by atoms with Gasteiger partial charge in [-0.2, -0.15) is 0 Å². The molecule has 0 saturated heterocycles. The van der Waals surface area contributed by atoms with E-state index in [1.54, 1.807) is 18.4 Å². The predicted octanol–water partition coefficient (Wildman–Crippen LogP) is 3.50. The summed E-state index contributed by atoms with van der Waals surface area (Å²) in [6.45, 7) is 3.51. The lowest BCUT2D eigenvalue weighted by Crippen LogP contribution is -2.36. The Balaban J connectivity index is 1.52. The fourth-order valence-electron chi connectivity index (χ4n) is 2.59. The molecule has 0 atom stereocenters. The summed E-state index contributed by atoms with van der Waals surface area (Å²) in [6, 6.07) is 8.22. The van der Waals surface area contributed by atoms with Crippen LogP contribution in [0.3, 0.4) is 0 Å². The van der Waals surface area contributed by atoms with Gasteiger partial charge in [0.1, 0.15) is 10.8 Å². The molecule has 1 aliphatic carbocycles. The van der Waals surface area contributed by atoms with Crippen molar-refractivity contribution in [2.45, 2.75) is 51.8 Å². The van der Waals surface area contributed by atoms with E-state index in [9.17, 15) is 0 Å². The SMILES string of the molecule is CCc1cnc(CNC(=NC)NCc2ccccc2OC2CCC2)s1. The summed E-state index contributed by atoms with van der Waals surface area (Å²) in [5.74, 6) is 1.74. The maximum absolute atomic E-state index is 6.08. The summed E-state index contributed by atoms with van der Waals surface area (Å²) in [5, 5.41) is 7.76. The number of benzene rings is 1. The Kier molecular flexibility index (Phi) is 6.28. The Bertz CT molecular complexity index is 709. The third-order valence-electron chi connectivity index (χ3n) is 4.35. The molecule has 0 unspecified atom stereocenters. The summed E-state index contributed by atoms with van der Waals surface area (Å²) in [6.07, 6.45) is 6.97. The Morgan fingerprint density at radius 3 is 2.76 bits per heavy atom. The maximum Gasteiger partial charge on any atom is 0.191 e. The van der Waals surface area contributed by atoms with Crippen molar-refractivity contribution in [2.75, 3.05) is 7.05 Å². The van der Waals surface area contributed by atoms with Crippen LogP contribution in [0, 0.1) is 0 Å². The fraction of sp³-hybridized carbons (Fsp3) is 0.474. The molecule has 2 aromatic rings. The minimum Gasteiger partial charge on any atom is -0.490 e. The van der Waals surface area contributed by atoms with Gasteiger partial charge < -0.3 is 15.4 Å². The maximum atomic E-state index is 6.08. The molecule has 1 heterocycles. The highest BCUT2D eigenvalue weighted by Gasteiger charge is 2.20. The summed E-state index contributed by atoms with van der Waals surface area (Å²) in [5.41, 5.74) is 1.15. The van der Waals surface area contributed by atoms with Gasteiger partial charge in [-0.3, -0.25) is 4.99 Å². The molecule has 1 aliphatic rings. The van der Waals surface area contributed by atoms with Gasteiger partial charge in [0.05, 0.1) is 12.6 Å². The molecule has 134 valence electrons. The van der Waals surface area contributed by atoms with Crippen molar-refractivity contribution in [3.8, 4) is 5.75 Å². The van der Waals surface area contributed by atoms with Crippen molar-refractivity contribution in [1.82, 2.24) is 15.6 Å². The highest BCUT2D eigenvalue weighted by Crippen LogP contribution is 2.27. The van der Waals surface area contributed by atoms with Gasteiger partial charge in [0.25, 0.3) is 0 Å². The van der Waals surface area contributed by atoms with E-state index in [4.69, 9.17) is 4.74 Å². The monoisotopic (exact) mass is 358 g/mol. The van der Waals surface area contributed by atoms with Gasteiger partial charge in [-0.05, 0) is 31.7 Å². The second-order valence-corrected chi connectivity index (χ2v) is 7.33. The number of aryl methyl sites for hydroxylation is 1. The van der Waals surface area contributed by atoms with Crippen molar-refractivity contribution in [3.63, 3.8) is 0 Å². The quantitative estimate of drug-likeness (QED) is 0.587. The first-order valence-corrected chi connectivity index (χ1v) is 9.72. The summed E-state index contributed by atoms with van der Waals surface area (Å²) >= 11 is 1.74. The van der Waals surface area contributed by atoms with Gasteiger partial charge in [-0.25, -0.2) is 4.98 Å². The number of hydrogen-bond acceptors (Lipinski definition) is 4. The van der Waals surface area contributed by atoms with Crippen molar-refractivity contribution >= 4 is 17.3 Å². The van der Waals surface area contributed by atoms with Crippen LogP contribution in [0.1, 0.15) is 41.6 Å². The van der Waals surface area contributed by atoms with Crippen LogP contribution in [-0.2, 0) is 19.5 Å². The number of rotatable bonds is 7. The number of aliphatic imine (C=N–C) groups is 1. The van der Waals surface area contributed by atoms with Crippen molar-refractivity contribution in [3.05, 3.63) is 45.9 Å². The van der Waals surface area contributed by atoms with Crippen LogP contribution in [0.5, 0.6) is 5.75 Å². The molecule has 0 spiro atoms. The van der Waals surface area contributed by atoms with Gasteiger partial charge in [0.2, 0.25) is 0 Å². The molecular formula is C19H26N4OS. The third kappa shape index (κ3) is 4.95. The Morgan fingerprint density at radius 1 is 1.28 bits per heavy atom.